The highest BCUT2D eigenvalue weighted by Gasteiger charge is 2.10. The molecular weight excluding hydrogens is 431 g/mol. The van der Waals surface area contributed by atoms with Gasteiger partial charge in [-0.25, -0.2) is 0 Å². The monoisotopic (exact) mass is 456 g/mol. The van der Waals surface area contributed by atoms with Crippen LogP contribution in [0.1, 0.15) is 30.5 Å². The minimum absolute atomic E-state index is 0. The standard InChI is InChI=1S/C23H25N2.HI/c1-24-21(16-12-20-7-3-4-8-23(20)24)13-9-19-10-14-22(15-11-19)25-17-5-2-6-18-25;/h3-4,7-16H,2,5-6,17-18H2,1H3;1H/q+1;/p-1. The molecule has 4 rings (SSSR count). The third-order valence-electron chi connectivity index (χ3n) is 5.18. The Balaban J connectivity index is 0.00000196. The molecule has 1 fully saturated rings. The van der Waals surface area contributed by atoms with Crippen molar-refractivity contribution in [2.45, 2.75) is 19.3 Å². The van der Waals surface area contributed by atoms with Gasteiger partial charge in [-0.15, -0.1) is 0 Å². The van der Waals surface area contributed by atoms with Crippen LogP contribution in [0.3, 0.4) is 0 Å². The van der Waals surface area contributed by atoms with Crippen molar-refractivity contribution in [3.63, 3.8) is 0 Å². The van der Waals surface area contributed by atoms with Gasteiger partial charge in [-0.05, 0) is 55.2 Å². The van der Waals surface area contributed by atoms with Gasteiger partial charge in [0.2, 0.25) is 11.2 Å². The van der Waals surface area contributed by atoms with E-state index in [1.54, 1.807) is 0 Å². The number of rotatable bonds is 3. The van der Waals surface area contributed by atoms with Crippen molar-refractivity contribution < 1.29 is 28.5 Å². The van der Waals surface area contributed by atoms with E-state index in [9.17, 15) is 0 Å². The van der Waals surface area contributed by atoms with Crippen LogP contribution in [0.15, 0.2) is 60.7 Å². The molecule has 0 N–H and O–H groups in total. The van der Waals surface area contributed by atoms with Crippen LogP contribution in [0.25, 0.3) is 23.1 Å². The topological polar surface area (TPSA) is 7.12 Å². The molecule has 0 unspecified atom stereocenters. The molecule has 1 aromatic heterocycles. The van der Waals surface area contributed by atoms with Crippen molar-refractivity contribution in [1.29, 1.82) is 0 Å². The Hall–Kier alpha value is -1.88. The quantitative estimate of drug-likeness (QED) is 0.431. The predicted octanol–water partition coefficient (Wildman–Crippen LogP) is 1.83. The molecule has 2 heterocycles. The zero-order valence-corrected chi connectivity index (χ0v) is 17.4. The van der Waals surface area contributed by atoms with Gasteiger partial charge in [0, 0.05) is 42.4 Å². The lowest BCUT2D eigenvalue weighted by Crippen LogP contribution is -3.00. The van der Waals surface area contributed by atoms with Crippen molar-refractivity contribution in [1.82, 2.24) is 0 Å². The Morgan fingerprint density at radius 3 is 2.31 bits per heavy atom. The highest BCUT2D eigenvalue weighted by molar-refractivity contribution is 5.77. The van der Waals surface area contributed by atoms with E-state index in [2.05, 4.69) is 89.3 Å². The molecule has 0 spiro atoms. The summed E-state index contributed by atoms with van der Waals surface area (Å²) in [6.45, 7) is 2.39. The van der Waals surface area contributed by atoms with Gasteiger partial charge in [0.1, 0.15) is 7.05 Å². The summed E-state index contributed by atoms with van der Waals surface area (Å²) in [5.41, 5.74) is 5.06. The number of aromatic nitrogens is 1. The molecule has 0 radical (unpaired) electrons. The van der Waals surface area contributed by atoms with Gasteiger partial charge in [0.05, 0.1) is 0 Å². The molecule has 26 heavy (non-hydrogen) atoms. The molecule has 1 saturated heterocycles. The van der Waals surface area contributed by atoms with Crippen molar-refractivity contribution in [2.75, 3.05) is 18.0 Å². The number of nitrogens with zero attached hydrogens (tertiary/aromatic N) is 2. The Morgan fingerprint density at radius 1 is 0.808 bits per heavy atom. The van der Waals surface area contributed by atoms with Crippen LogP contribution < -0.4 is 33.4 Å². The van der Waals surface area contributed by atoms with Crippen LogP contribution in [-0.4, -0.2) is 13.1 Å². The van der Waals surface area contributed by atoms with Gasteiger partial charge < -0.3 is 28.9 Å². The molecule has 2 aromatic carbocycles. The van der Waals surface area contributed by atoms with Gasteiger partial charge in [0.25, 0.3) is 0 Å². The molecule has 2 nitrogen and oxygen atoms in total. The summed E-state index contributed by atoms with van der Waals surface area (Å²) in [5.74, 6) is 0. The van der Waals surface area contributed by atoms with Crippen LogP contribution in [0.2, 0.25) is 0 Å². The first-order valence-electron chi connectivity index (χ1n) is 9.22. The van der Waals surface area contributed by atoms with Gasteiger partial charge in [-0.3, -0.25) is 0 Å². The SMILES string of the molecule is C[n+]1c(/C=C/c2ccc(N3CCCCC3)cc2)ccc2ccccc21.[I-]. The molecular formula is C23H25IN2. The van der Waals surface area contributed by atoms with Crippen molar-refractivity contribution in [3.8, 4) is 0 Å². The molecule has 0 saturated carbocycles. The maximum Gasteiger partial charge on any atom is 0.212 e. The Kier molecular flexibility index (Phi) is 6.30. The zero-order valence-electron chi connectivity index (χ0n) is 15.2. The number of aryl methyl sites for hydroxylation is 1. The van der Waals surface area contributed by atoms with Crippen LogP contribution in [0.4, 0.5) is 5.69 Å². The lowest BCUT2D eigenvalue weighted by Gasteiger charge is -2.28. The lowest BCUT2D eigenvalue weighted by atomic mass is 10.1. The average molecular weight is 456 g/mol. The highest BCUT2D eigenvalue weighted by Crippen LogP contribution is 2.21. The third-order valence-corrected chi connectivity index (χ3v) is 5.18. The molecule has 1 aliphatic heterocycles. The molecule has 0 aliphatic carbocycles. The molecule has 3 heteroatoms. The molecule has 0 bridgehead atoms. The maximum atomic E-state index is 2.50. The second-order valence-corrected chi connectivity index (χ2v) is 6.85. The summed E-state index contributed by atoms with van der Waals surface area (Å²) in [7, 11) is 2.13. The number of hydrogen-bond donors (Lipinski definition) is 0. The Morgan fingerprint density at radius 2 is 1.54 bits per heavy atom. The van der Waals surface area contributed by atoms with Crippen LogP contribution >= 0.6 is 0 Å². The van der Waals surface area contributed by atoms with Gasteiger partial charge in [-0.1, -0.05) is 24.3 Å². The average Bonchev–Trinajstić information content (AvgIpc) is 2.69. The summed E-state index contributed by atoms with van der Waals surface area (Å²) < 4.78 is 2.24. The Bertz CT molecular complexity index is 894. The van der Waals surface area contributed by atoms with Crippen LogP contribution in [-0.2, 0) is 7.05 Å². The Labute approximate surface area is 173 Å². The third kappa shape index (κ3) is 4.09. The second-order valence-electron chi connectivity index (χ2n) is 6.85. The maximum absolute atomic E-state index is 2.50. The van der Waals surface area contributed by atoms with Crippen molar-refractivity contribution >= 4 is 28.7 Å². The summed E-state index contributed by atoms with van der Waals surface area (Å²) in [6.07, 6.45) is 8.41. The number of fused-ring (bicyclic) bond motifs is 1. The summed E-state index contributed by atoms with van der Waals surface area (Å²) in [4.78, 5) is 2.50. The van der Waals surface area contributed by atoms with Gasteiger partial charge >= 0.3 is 0 Å². The van der Waals surface area contributed by atoms with Gasteiger partial charge in [0.15, 0.2) is 0 Å². The summed E-state index contributed by atoms with van der Waals surface area (Å²) in [5, 5.41) is 1.27. The number of pyridine rings is 1. The zero-order chi connectivity index (χ0) is 17.1. The molecule has 134 valence electrons. The number of hydrogen-bond acceptors (Lipinski definition) is 1. The predicted molar refractivity (Wildman–Crippen MR) is 107 cm³/mol. The summed E-state index contributed by atoms with van der Waals surface area (Å²) >= 11 is 0. The van der Waals surface area contributed by atoms with Crippen molar-refractivity contribution in [3.05, 3.63) is 71.9 Å². The fourth-order valence-electron chi connectivity index (χ4n) is 3.66. The van der Waals surface area contributed by atoms with Crippen LogP contribution in [0.5, 0.6) is 0 Å². The second kappa shape index (κ2) is 8.67. The van der Waals surface area contributed by atoms with E-state index in [-0.39, 0.29) is 24.0 Å². The number of para-hydroxylation sites is 1. The number of anilines is 1. The fourth-order valence-corrected chi connectivity index (χ4v) is 3.66. The van der Waals surface area contributed by atoms with E-state index in [1.165, 1.54) is 60.2 Å². The number of benzene rings is 2. The van der Waals surface area contributed by atoms with E-state index in [0.29, 0.717) is 0 Å². The first kappa shape index (κ1) is 18.9. The summed E-state index contributed by atoms with van der Waals surface area (Å²) in [6, 6.07) is 21.8. The highest BCUT2D eigenvalue weighted by atomic mass is 127. The largest absolute Gasteiger partial charge is 1.00 e. The van der Waals surface area contributed by atoms with Crippen LogP contribution in [0, 0.1) is 0 Å². The minimum atomic E-state index is 0. The van der Waals surface area contributed by atoms with E-state index >= 15 is 0 Å². The van der Waals surface area contributed by atoms with E-state index < -0.39 is 0 Å². The minimum Gasteiger partial charge on any atom is -1.00 e. The molecule has 0 atom stereocenters. The van der Waals surface area contributed by atoms with E-state index in [4.69, 9.17) is 0 Å². The number of halogens is 1. The van der Waals surface area contributed by atoms with E-state index in [0.717, 1.165) is 0 Å². The molecule has 0 amide bonds. The molecule has 3 aromatic rings. The lowest BCUT2D eigenvalue weighted by molar-refractivity contribution is -0.646. The van der Waals surface area contributed by atoms with Gasteiger partial charge in [-0.2, -0.15) is 4.57 Å². The fraction of sp³-hybridized carbons (Fsp3) is 0.261. The molecule has 1 aliphatic rings. The number of piperidine rings is 1. The van der Waals surface area contributed by atoms with E-state index in [1.807, 2.05) is 0 Å². The smallest absolute Gasteiger partial charge is 0.212 e. The first-order chi connectivity index (χ1) is 12.3. The van der Waals surface area contributed by atoms with Crippen molar-refractivity contribution in [2.24, 2.45) is 7.05 Å². The first-order valence-corrected chi connectivity index (χ1v) is 9.22. The normalized spacial score (nSPS) is 14.6.